The fourth-order valence-corrected chi connectivity index (χ4v) is 3.18. The second kappa shape index (κ2) is 9.44. The number of carbonyl (C=O) groups excluding carboxylic acids is 1. The average molecular weight is 347 g/mol. The molecule has 1 N–H and O–H groups in total. The van der Waals surface area contributed by atoms with Crippen molar-refractivity contribution >= 4 is 17.6 Å². The fraction of sp³-hybridized carbons (Fsp3) is 0.600. The first kappa shape index (κ1) is 19.3. The van der Waals surface area contributed by atoms with E-state index in [0.717, 1.165) is 24.1 Å². The molecule has 0 aromatic heterocycles. The molecule has 0 spiro atoms. The molecule has 0 saturated heterocycles. The Hall–Kier alpha value is -2.04. The van der Waals surface area contributed by atoms with Crippen LogP contribution in [0, 0.1) is 6.92 Å². The van der Waals surface area contributed by atoms with Crippen LogP contribution in [-0.4, -0.2) is 29.6 Å². The molecule has 25 heavy (non-hydrogen) atoms. The summed E-state index contributed by atoms with van der Waals surface area (Å²) >= 11 is 0. The van der Waals surface area contributed by atoms with Crippen molar-refractivity contribution in [3.8, 4) is 5.75 Å². The minimum atomic E-state index is -1.02. The van der Waals surface area contributed by atoms with Crippen molar-refractivity contribution in [2.75, 3.05) is 11.4 Å². The number of carbonyl (C=O) groups is 2. The monoisotopic (exact) mass is 347 g/mol. The van der Waals surface area contributed by atoms with E-state index >= 15 is 0 Å². The van der Waals surface area contributed by atoms with Crippen LogP contribution in [0.3, 0.4) is 0 Å². The molecule has 0 radical (unpaired) electrons. The topological polar surface area (TPSA) is 66.8 Å². The maximum atomic E-state index is 12.7. The summed E-state index contributed by atoms with van der Waals surface area (Å²) in [6.07, 6.45) is 6.98. The van der Waals surface area contributed by atoms with Crippen LogP contribution in [0.5, 0.6) is 5.75 Å². The normalized spacial score (nSPS) is 16.5. The average Bonchev–Trinajstić information content (AvgIpc) is 2.57. The Labute approximate surface area is 150 Å². The number of hydrogen-bond donors (Lipinski definition) is 1. The van der Waals surface area contributed by atoms with Crippen molar-refractivity contribution in [1.82, 2.24) is 0 Å². The van der Waals surface area contributed by atoms with Gasteiger partial charge in [-0.3, -0.25) is 9.59 Å². The Kier molecular flexibility index (Phi) is 7.29. The summed E-state index contributed by atoms with van der Waals surface area (Å²) in [5.41, 5.74) is 1.81. The summed E-state index contributed by atoms with van der Waals surface area (Å²) in [7, 11) is 0. The number of fused-ring (bicyclic) bond motifs is 1. The molecule has 1 amide bonds. The smallest absolute Gasteiger partial charge is 0.307 e. The third kappa shape index (κ3) is 5.48. The van der Waals surface area contributed by atoms with E-state index in [1.807, 2.05) is 25.1 Å². The molecular weight excluding hydrogens is 318 g/mol. The zero-order valence-electron chi connectivity index (χ0n) is 15.3. The van der Waals surface area contributed by atoms with E-state index in [0.29, 0.717) is 12.3 Å². The van der Waals surface area contributed by atoms with E-state index in [4.69, 9.17) is 9.84 Å². The number of ether oxygens (including phenoxy) is 1. The molecule has 0 saturated carbocycles. The lowest BCUT2D eigenvalue weighted by Gasteiger charge is -2.34. The van der Waals surface area contributed by atoms with E-state index in [1.165, 1.54) is 32.1 Å². The lowest BCUT2D eigenvalue weighted by atomic mass is 10.1. The van der Waals surface area contributed by atoms with Gasteiger partial charge in [0.05, 0.1) is 12.1 Å². The van der Waals surface area contributed by atoms with E-state index < -0.39 is 12.1 Å². The van der Waals surface area contributed by atoms with Crippen LogP contribution < -0.4 is 9.64 Å². The number of rotatable bonds is 10. The Balaban J connectivity index is 1.99. The first-order valence-electron chi connectivity index (χ1n) is 9.33. The summed E-state index contributed by atoms with van der Waals surface area (Å²) < 4.78 is 5.64. The van der Waals surface area contributed by atoms with Gasteiger partial charge in [-0.25, -0.2) is 0 Å². The zero-order valence-corrected chi connectivity index (χ0v) is 15.3. The van der Waals surface area contributed by atoms with Crippen LogP contribution in [-0.2, 0) is 9.59 Å². The van der Waals surface area contributed by atoms with Gasteiger partial charge in [-0.05, 0) is 31.0 Å². The van der Waals surface area contributed by atoms with Crippen LogP contribution >= 0.6 is 0 Å². The number of carboxylic acids is 1. The van der Waals surface area contributed by atoms with Crippen molar-refractivity contribution in [1.29, 1.82) is 0 Å². The molecule has 2 rings (SSSR count). The maximum Gasteiger partial charge on any atom is 0.307 e. The van der Waals surface area contributed by atoms with Crippen molar-refractivity contribution in [3.63, 3.8) is 0 Å². The molecule has 1 unspecified atom stereocenters. The zero-order chi connectivity index (χ0) is 18.2. The van der Waals surface area contributed by atoms with E-state index in [9.17, 15) is 9.59 Å². The number of anilines is 1. The number of aliphatic carboxylic acids is 1. The van der Waals surface area contributed by atoms with Crippen molar-refractivity contribution < 1.29 is 19.4 Å². The first-order chi connectivity index (χ1) is 12.0. The summed E-state index contributed by atoms with van der Waals surface area (Å²) in [5, 5.41) is 9.03. The minimum Gasteiger partial charge on any atom is -0.481 e. The van der Waals surface area contributed by atoms with E-state index in [1.54, 1.807) is 4.90 Å². The van der Waals surface area contributed by atoms with Crippen molar-refractivity contribution in [2.45, 2.75) is 71.3 Å². The van der Waals surface area contributed by atoms with Crippen LogP contribution in [0.1, 0.15) is 63.9 Å². The summed E-state index contributed by atoms with van der Waals surface area (Å²) in [6.45, 7) is 4.79. The molecule has 0 fully saturated rings. The van der Waals surface area contributed by atoms with Gasteiger partial charge in [0.15, 0.2) is 6.10 Å². The molecule has 1 aliphatic rings. The number of hydrogen-bond acceptors (Lipinski definition) is 3. The molecule has 0 bridgehead atoms. The molecule has 138 valence electrons. The van der Waals surface area contributed by atoms with E-state index in [2.05, 4.69) is 6.92 Å². The Bertz CT molecular complexity index is 599. The standard InChI is InChI=1S/C20H29NO4/c1-3-4-5-6-7-8-9-12-21-16-13-15(2)10-11-17(16)25-18(20(21)24)14-19(22)23/h10-11,13,18H,3-9,12,14H2,1-2H3,(H,22,23). The third-order valence-corrected chi connectivity index (χ3v) is 4.56. The Morgan fingerprint density at radius 3 is 2.52 bits per heavy atom. The van der Waals surface area contributed by atoms with Gasteiger partial charge < -0.3 is 14.7 Å². The number of benzene rings is 1. The highest BCUT2D eigenvalue weighted by molar-refractivity contribution is 6.01. The predicted molar refractivity (Wildman–Crippen MR) is 98.2 cm³/mol. The van der Waals surface area contributed by atoms with Crippen molar-refractivity contribution in [2.24, 2.45) is 0 Å². The van der Waals surface area contributed by atoms with Gasteiger partial charge in [0.2, 0.25) is 0 Å². The molecule has 0 aliphatic carbocycles. The molecule has 1 aromatic rings. The fourth-order valence-electron chi connectivity index (χ4n) is 3.18. The van der Waals surface area contributed by atoms with Crippen LogP contribution in [0.4, 0.5) is 5.69 Å². The molecule has 5 nitrogen and oxygen atoms in total. The highest BCUT2D eigenvalue weighted by Gasteiger charge is 2.35. The van der Waals surface area contributed by atoms with Crippen LogP contribution in [0.15, 0.2) is 18.2 Å². The highest BCUT2D eigenvalue weighted by atomic mass is 16.5. The van der Waals surface area contributed by atoms with Gasteiger partial charge in [0.25, 0.3) is 5.91 Å². The molecule has 1 aliphatic heterocycles. The lowest BCUT2D eigenvalue weighted by Crippen LogP contribution is -2.47. The molecule has 1 aromatic carbocycles. The highest BCUT2D eigenvalue weighted by Crippen LogP contribution is 2.35. The first-order valence-corrected chi connectivity index (χ1v) is 9.33. The summed E-state index contributed by atoms with van der Waals surface area (Å²) in [6, 6.07) is 5.67. The minimum absolute atomic E-state index is 0.244. The number of aryl methyl sites for hydroxylation is 1. The van der Waals surface area contributed by atoms with Gasteiger partial charge in [-0.2, -0.15) is 0 Å². The second-order valence-corrected chi connectivity index (χ2v) is 6.79. The van der Waals surface area contributed by atoms with Crippen LogP contribution in [0.25, 0.3) is 0 Å². The second-order valence-electron chi connectivity index (χ2n) is 6.79. The summed E-state index contributed by atoms with van der Waals surface area (Å²) in [4.78, 5) is 25.4. The largest absolute Gasteiger partial charge is 0.481 e. The molecular formula is C20H29NO4. The number of carboxylic acid groups (broad SMARTS) is 1. The van der Waals surface area contributed by atoms with Gasteiger partial charge in [0.1, 0.15) is 5.75 Å². The SMILES string of the molecule is CCCCCCCCCN1C(=O)C(CC(=O)O)Oc2ccc(C)cc21. The quantitative estimate of drug-likeness (QED) is 0.640. The van der Waals surface area contributed by atoms with Gasteiger partial charge in [-0.1, -0.05) is 51.5 Å². The van der Waals surface area contributed by atoms with Gasteiger partial charge in [0, 0.05) is 6.54 Å². The lowest BCUT2D eigenvalue weighted by molar-refractivity contribution is -0.142. The third-order valence-electron chi connectivity index (χ3n) is 4.56. The predicted octanol–water partition coefficient (Wildman–Crippen LogP) is 4.31. The molecule has 1 atom stereocenters. The van der Waals surface area contributed by atoms with Gasteiger partial charge >= 0.3 is 5.97 Å². The van der Waals surface area contributed by atoms with Crippen LogP contribution in [0.2, 0.25) is 0 Å². The van der Waals surface area contributed by atoms with Gasteiger partial charge in [-0.15, -0.1) is 0 Å². The maximum absolute atomic E-state index is 12.7. The van der Waals surface area contributed by atoms with E-state index in [-0.39, 0.29) is 12.3 Å². The molecule has 1 heterocycles. The van der Waals surface area contributed by atoms with Crippen molar-refractivity contribution in [3.05, 3.63) is 23.8 Å². The summed E-state index contributed by atoms with van der Waals surface area (Å²) in [5.74, 6) is -0.671. The number of nitrogens with zero attached hydrogens (tertiary/aromatic N) is 1. The Morgan fingerprint density at radius 2 is 1.84 bits per heavy atom. The molecule has 5 heteroatoms. The Morgan fingerprint density at radius 1 is 1.16 bits per heavy atom. The number of amides is 1. The number of unbranched alkanes of at least 4 members (excludes halogenated alkanes) is 6.